The Balaban J connectivity index is 1.48. The fraction of sp³-hybridized carbons (Fsp3) is 0.318. The Morgan fingerprint density at radius 1 is 1.13 bits per heavy atom. The van der Waals surface area contributed by atoms with Crippen molar-refractivity contribution in [2.75, 3.05) is 11.1 Å². The van der Waals surface area contributed by atoms with E-state index >= 15 is 0 Å². The van der Waals surface area contributed by atoms with Crippen molar-refractivity contribution < 1.29 is 13.9 Å². The lowest BCUT2D eigenvalue weighted by atomic mass is 10.0. The molecule has 3 aromatic rings. The van der Waals surface area contributed by atoms with Crippen LogP contribution >= 0.6 is 27.7 Å². The summed E-state index contributed by atoms with van der Waals surface area (Å²) >= 11 is 4.68. The lowest BCUT2D eigenvalue weighted by molar-refractivity contribution is -0.113. The largest absolute Gasteiger partial charge is 0.484 e. The second-order valence-electron chi connectivity index (χ2n) is 7.16. The Morgan fingerprint density at radius 3 is 2.57 bits per heavy atom. The lowest BCUT2D eigenvalue weighted by Gasteiger charge is -2.11. The molecule has 8 heteroatoms. The summed E-state index contributed by atoms with van der Waals surface area (Å²) in [5.41, 5.74) is 4.18. The van der Waals surface area contributed by atoms with Crippen LogP contribution in [0.3, 0.4) is 0 Å². The number of hydrogen-bond donors (Lipinski definition) is 1. The summed E-state index contributed by atoms with van der Waals surface area (Å²) in [6.45, 7) is 8.45. The Hall–Kier alpha value is -2.32. The number of halogens is 1. The van der Waals surface area contributed by atoms with Crippen LogP contribution in [-0.4, -0.2) is 21.9 Å². The van der Waals surface area contributed by atoms with Gasteiger partial charge >= 0.3 is 0 Å². The summed E-state index contributed by atoms with van der Waals surface area (Å²) in [6.07, 6.45) is 0. The lowest BCUT2D eigenvalue weighted by Crippen LogP contribution is -2.15. The number of amides is 1. The third kappa shape index (κ3) is 5.86. The molecule has 30 heavy (non-hydrogen) atoms. The molecule has 1 N–H and O–H groups in total. The van der Waals surface area contributed by atoms with E-state index in [2.05, 4.69) is 45.3 Å². The summed E-state index contributed by atoms with van der Waals surface area (Å²) in [4.78, 5) is 12.3. The number of benzene rings is 2. The molecule has 158 valence electrons. The number of carbonyl (C=O) groups is 1. The van der Waals surface area contributed by atoms with E-state index in [4.69, 9.17) is 9.15 Å². The predicted molar refractivity (Wildman–Crippen MR) is 122 cm³/mol. The molecule has 0 fully saturated rings. The minimum absolute atomic E-state index is 0.133. The average molecular weight is 490 g/mol. The van der Waals surface area contributed by atoms with Gasteiger partial charge < -0.3 is 14.5 Å². The van der Waals surface area contributed by atoms with Crippen LogP contribution in [0.5, 0.6) is 5.75 Å². The normalized spacial score (nSPS) is 11.0. The highest BCUT2D eigenvalue weighted by Crippen LogP contribution is 2.26. The molecule has 0 spiro atoms. The van der Waals surface area contributed by atoms with Gasteiger partial charge in [0.25, 0.3) is 11.1 Å². The number of aromatic nitrogens is 2. The van der Waals surface area contributed by atoms with Crippen molar-refractivity contribution in [2.24, 2.45) is 0 Å². The molecule has 0 aliphatic rings. The number of nitrogens with zero attached hydrogens (tertiary/aromatic N) is 2. The Morgan fingerprint density at radius 2 is 1.87 bits per heavy atom. The molecule has 0 saturated heterocycles. The van der Waals surface area contributed by atoms with Crippen molar-refractivity contribution in [2.45, 2.75) is 45.4 Å². The summed E-state index contributed by atoms with van der Waals surface area (Å²) in [7, 11) is 0. The van der Waals surface area contributed by atoms with Crippen LogP contribution in [0.2, 0.25) is 0 Å². The van der Waals surface area contributed by atoms with Gasteiger partial charge in [0.2, 0.25) is 5.91 Å². The molecular formula is C22H24BrN3O3S. The number of nitrogens with one attached hydrogen (secondary N) is 1. The Kier molecular flexibility index (Phi) is 7.55. The van der Waals surface area contributed by atoms with Gasteiger partial charge in [-0.15, -0.1) is 10.2 Å². The molecule has 3 rings (SSSR count). The topological polar surface area (TPSA) is 77.2 Å². The molecule has 1 amide bonds. The van der Waals surface area contributed by atoms with E-state index < -0.39 is 0 Å². The van der Waals surface area contributed by atoms with Crippen LogP contribution in [0.4, 0.5) is 5.69 Å². The molecule has 0 saturated carbocycles. The minimum atomic E-state index is -0.133. The van der Waals surface area contributed by atoms with Gasteiger partial charge in [0.1, 0.15) is 5.75 Å². The van der Waals surface area contributed by atoms with Gasteiger partial charge in [0.05, 0.1) is 5.75 Å². The molecule has 0 unspecified atom stereocenters. The van der Waals surface area contributed by atoms with Crippen molar-refractivity contribution in [1.29, 1.82) is 0 Å². The summed E-state index contributed by atoms with van der Waals surface area (Å²) in [5.74, 6) is 1.62. The molecular weight excluding hydrogens is 466 g/mol. The molecule has 0 bridgehead atoms. The highest BCUT2D eigenvalue weighted by Gasteiger charge is 2.12. The SMILES string of the molecule is Cc1c(Br)ccc(NC(=O)CSc2nnc(COc3ccc(C(C)C)cc3)o2)c1C. The first-order valence-electron chi connectivity index (χ1n) is 9.57. The fourth-order valence-corrected chi connectivity index (χ4v) is 3.70. The van der Waals surface area contributed by atoms with E-state index in [1.165, 1.54) is 17.3 Å². The number of anilines is 1. The zero-order valence-electron chi connectivity index (χ0n) is 17.4. The first-order valence-corrected chi connectivity index (χ1v) is 11.3. The Labute approximate surface area is 188 Å². The Bertz CT molecular complexity index is 1020. The molecule has 0 aliphatic heterocycles. The van der Waals surface area contributed by atoms with Crippen molar-refractivity contribution in [1.82, 2.24) is 10.2 Å². The monoisotopic (exact) mass is 489 g/mol. The summed E-state index contributed by atoms with van der Waals surface area (Å²) < 4.78 is 12.3. The van der Waals surface area contributed by atoms with E-state index in [0.29, 0.717) is 17.0 Å². The van der Waals surface area contributed by atoms with Crippen LogP contribution in [0, 0.1) is 13.8 Å². The smallest absolute Gasteiger partial charge is 0.277 e. The highest BCUT2D eigenvalue weighted by atomic mass is 79.9. The van der Waals surface area contributed by atoms with Crippen LogP contribution in [-0.2, 0) is 11.4 Å². The van der Waals surface area contributed by atoms with Crippen molar-refractivity contribution >= 4 is 39.3 Å². The van der Waals surface area contributed by atoms with Gasteiger partial charge in [-0.3, -0.25) is 4.79 Å². The van der Waals surface area contributed by atoms with E-state index in [1.807, 2.05) is 50.2 Å². The van der Waals surface area contributed by atoms with Crippen molar-refractivity contribution in [3.8, 4) is 5.75 Å². The van der Waals surface area contributed by atoms with Crippen LogP contribution in [0.1, 0.15) is 42.3 Å². The highest BCUT2D eigenvalue weighted by molar-refractivity contribution is 9.10. The maximum Gasteiger partial charge on any atom is 0.277 e. The third-order valence-electron chi connectivity index (χ3n) is 4.68. The minimum Gasteiger partial charge on any atom is -0.484 e. The zero-order valence-corrected chi connectivity index (χ0v) is 19.8. The molecule has 0 aliphatic carbocycles. The van der Waals surface area contributed by atoms with Gasteiger partial charge in [-0.05, 0) is 60.7 Å². The number of ether oxygens (including phenoxy) is 1. The predicted octanol–water partition coefficient (Wildman–Crippen LogP) is 5.88. The molecule has 1 aromatic heterocycles. The number of thioether (sulfide) groups is 1. The number of hydrogen-bond acceptors (Lipinski definition) is 6. The van der Waals surface area contributed by atoms with Crippen molar-refractivity contribution in [3.05, 3.63) is 63.5 Å². The van der Waals surface area contributed by atoms with E-state index in [0.717, 1.165) is 27.0 Å². The van der Waals surface area contributed by atoms with Crippen LogP contribution in [0.25, 0.3) is 0 Å². The average Bonchev–Trinajstić information content (AvgIpc) is 3.19. The zero-order chi connectivity index (χ0) is 21.7. The van der Waals surface area contributed by atoms with E-state index in [9.17, 15) is 4.79 Å². The third-order valence-corrected chi connectivity index (χ3v) is 6.36. The molecule has 6 nitrogen and oxygen atoms in total. The molecule has 0 atom stereocenters. The van der Waals surface area contributed by atoms with Gasteiger partial charge in [-0.25, -0.2) is 0 Å². The summed E-state index contributed by atoms with van der Waals surface area (Å²) in [6, 6.07) is 11.7. The second kappa shape index (κ2) is 10.1. The van der Waals surface area contributed by atoms with Crippen LogP contribution < -0.4 is 10.1 Å². The number of carbonyl (C=O) groups excluding carboxylic acids is 1. The van der Waals surface area contributed by atoms with Gasteiger partial charge in [-0.2, -0.15) is 0 Å². The maximum atomic E-state index is 12.3. The van der Waals surface area contributed by atoms with Gasteiger partial charge in [0.15, 0.2) is 6.61 Å². The van der Waals surface area contributed by atoms with E-state index in [-0.39, 0.29) is 18.3 Å². The van der Waals surface area contributed by atoms with Gasteiger partial charge in [-0.1, -0.05) is 53.7 Å². The van der Waals surface area contributed by atoms with E-state index in [1.54, 1.807) is 0 Å². The maximum absolute atomic E-state index is 12.3. The quantitative estimate of drug-likeness (QED) is 0.398. The molecule has 2 aromatic carbocycles. The fourth-order valence-electron chi connectivity index (χ4n) is 2.69. The molecule has 0 radical (unpaired) electrons. The van der Waals surface area contributed by atoms with Crippen molar-refractivity contribution in [3.63, 3.8) is 0 Å². The summed E-state index contributed by atoms with van der Waals surface area (Å²) in [5, 5.41) is 11.2. The standard InChI is InChI=1S/C22H24BrN3O3S/c1-13(2)16-5-7-17(8-6-16)28-11-21-25-26-22(29-21)30-12-20(27)24-19-10-9-18(23)14(3)15(19)4/h5-10,13H,11-12H2,1-4H3,(H,24,27). The van der Waals surface area contributed by atoms with Gasteiger partial charge in [0, 0.05) is 10.2 Å². The first kappa shape index (κ1) is 22.4. The second-order valence-corrected chi connectivity index (χ2v) is 8.94. The number of rotatable bonds is 8. The molecule has 1 heterocycles. The first-order chi connectivity index (χ1) is 14.3. The van der Waals surface area contributed by atoms with Crippen LogP contribution in [0.15, 0.2) is 50.5 Å².